The van der Waals surface area contributed by atoms with Crippen LogP contribution >= 0.6 is 11.6 Å². The van der Waals surface area contributed by atoms with Crippen molar-refractivity contribution >= 4 is 29.2 Å². The molecule has 28 heavy (non-hydrogen) atoms. The number of anilines is 1. The number of amides is 1. The second kappa shape index (κ2) is 7.93. The summed E-state index contributed by atoms with van der Waals surface area (Å²) in [5.41, 5.74) is -0.781. The van der Waals surface area contributed by atoms with Crippen molar-refractivity contribution in [2.75, 3.05) is 12.4 Å². The van der Waals surface area contributed by atoms with Gasteiger partial charge in [-0.1, -0.05) is 11.6 Å². The number of methoxy groups -OCH3 is 1. The number of H-pyrrole nitrogens is 1. The molecule has 0 unspecified atom stereocenters. The van der Waals surface area contributed by atoms with E-state index in [1.165, 1.54) is 55.6 Å². The first-order chi connectivity index (χ1) is 13.4. The van der Waals surface area contributed by atoms with Crippen LogP contribution in [0.15, 0.2) is 64.3 Å². The number of nitrogens with one attached hydrogen (secondary N) is 2. The molecule has 0 spiro atoms. The van der Waals surface area contributed by atoms with E-state index in [0.29, 0.717) is 16.3 Å². The van der Waals surface area contributed by atoms with Crippen LogP contribution in [-0.4, -0.2) is 28.5 Å². The molecule has 0 radical (unpaired) electrons. The Morgan fingerprint density at radius 2 is 1.68 bits per heavy atom. The highest BCUT2D eigenvalue weighted by atomic mass is 35.5. The van der Waals surface area contributed by atoms with Crippen LogP contribution in [0.5, 0.6) is 0 Å². The lowest BCUT2D eigenvalue weighted by Gasteiger charge is -2.08. The molecule has 1 amide bonds. The van der Waals surface area contributed by atoms with Gasteiger partial charge in [0.05, 0.1) is 18.4 Å². The van der Waals surface area contributed by atoms with E-state index in [4.69, 9.17) is 11.6 Å². The predicted octanol–water partition coefficient (Wildman–Crippen LogP) is 2.22. The minimum absolute atomic E-state index is 0.258. The molecule has 0 saturated carbocycles. The van der Waals surface area contributed by atoms with Gasteiger partial charge in [-0.3, -0.25) is 9.59 Å². The highest BCUT2D eigenvalue weighted by Gasteiger charge is 2.16. The summed E-state index contributed by atoms with van der Waals surface area (Å²) in [5, 5.41) is 2.99. The molecular weight excluding hydrogens is 386 g/mol. The Labute approximate surface area is 163 Å². The number of carbonyl (C=O) groups excluding carboxylic acids is 2. The highest BCUT2D eigenvalue weighted by molar-refractivity contribution is 6.30. The normalized spacial score (nSPS) is 10.4. The van der Waals surface area contributed by atoms with Gasteiger partial charge in [0.1, 0.15) is 5.56 Å². The van der Waals surface area contributed by atoms with E-state index in [1.54, 1.807) is 0 Å². The number of aromatic amines is 1. The molecule has 3 aromatic rings. The summed E-state index contributed by atoms with van der Waals surface area (Å²) in [4.78, 5) is 51.1. The standard InChI is InChI=1S/C19H14ClN3O5/c1-28-18(26)11-2-6-13(7-3-11)22-16(24)15-10-21-19(27)23(17(15)25)14-8-4-12(20)5-9-14/h2-10H,1H3,(H,21,27)(H,22,24). The van der Waals surface area contributed by atoms with E-state index in [9.17, 15) is 19.2 Å². The summed E-state index contributed by atoms with van der Waals surface area (Å²) < 4.78 is 5.44. The van der Waals surface area contributed by atoms with Crippen LogP contribution in [0.25, 0.3) is 5.69 Å². The third kappa shape index (κ3) is 3.86. The van der Waals surface area contributed by atoms with Crippen LogP contribution in [0.2, 0.25) is 5.02 Å². The smallest absolute Gasteiger partial charge is 0.337 e. The van der Waals surface area contributed by atoms with Gasteiger partial charge < -0.3 is 15.0 Å². The van der Waals surface area contributed by atoms with E-state index in [0.717, 1.165) is 10.8 Å². The highest BCUT2D eigenvalue weighted by Crippen LogP contribution is 2.12. The maximum absolute atomic E-state index is 12.7. The zero-order valence-corrected chi connectivity index (χ0v) is 15.3. The number of rotatable bonds is 4. The fraction of sp³-hybridized carbons (Fsp3) is 0.0526. The van der Waals surface area contributed by atoms with Gasteiger partial charge in [-0.2, -0.15) is 0 Å². The van der Waals surface area contributed by atoms with Crippen molar-refractivity contribution in [2.45, 2.75) is 0 Å². The monoisotopic (exact) mass is 399 g/mol. The van der Waals surface area contributed by atoms with Gasteiger partial charge in [-0.15, -0.1) is 0 Å². The zero-order chi connectivity index (χ0) is 20.3. The Hall–Kier alpha value is -3.65. The Morgan fingerprint density at radius 1 is 1.04 bits per heavy atom. The number of carbonyl (C=O) groups is 2. The first-order valence-electron chi connectivity index (χ1n) is 8.01. The maximum atomic E-state index is 12.7. The van der Waals surface area contributed by atoms with E-state index < -0.39 is 23.1 Å². The van der Waals surface area contributed by atoms with Crippen molar-refractivity contribution in [1.29, 1.82) is 0 Å². The van der Waals surface area contributed by atoms with Gasteiger partial charge in [-0.25, -0.2) is 14.2 Å². The summed E-state index contributed by atoms with van der Waals surface area (Å²) in [6.45, 7) is 0. The minimum Gasteiger partial charge on any atom is -0.465 e. The number of hydrogen-bond acceptors (Lipinski definition) is 5. The molecule has 2 aromatic carbocycles. The fourth-order valence-electron chi connectivity index (χ4n) is 2.47. The summed E-state index contributed by atoms with van der Waals surface area (Å²) in [5.74, 6) is -1.22. The van der Waals surface area contributed by atoms with Gasteiger partial charge in [0.2, 0.25) is 0 Å². The zero-order valence-electron chi connectivity index (χ0n) is 14.6. The number of ether oxygens (including phenoxy) is 1. The topological polar surface area (TPSA) is 110 Å². The van der Waals surface area contributed by atoms with Crippen molar-refractivity contribution < 1.29 is 14.3 Å². The van der Waals surface area contributed by atoms with E-state index >= 15 is 0 Å². The van der Waals surface area contributed by atoms with Crippen LogP contribution in [0.3, 0.4) is 0 Å². The molecule has 3 rings (SSSR count). The number of esters is 1. The molecule has 1 aromatic heterocycles. The van der Waals surface area contributed by atoms with Crippen molar-refractivity contribution in [2.24, 2.45) is 0 Å². The lowest BCUT2D eigenvalue weighted by atomic mass is 10.2. The SMILES string of the molecule is COC(=O)c1ccc(NC(=O)c2c[nH]c(=O)n(-c3ccc(Cl)cc3)c2=O)cc1. The summed E-state index contributed by atoms with van der Waals surface area (Å²) in [6, 6.07) is 12.0. The molecule has 0 fully saturated rings. The van der Waals surface area contributed by atoms with Crippen LogP contribution in [0.4, 0.5) is 5.69 Å². The van der Waals surface area contributed by atoms with Crippen LogP contribution in [0, 0.1) is 0 Å². The second-order valence-corrected chi connectivity index (χ2v) is 6.08. The maximum Gasteiger partial charge on any atom is 0.337 e. The number of benzene rings is 2. The van der Waals surface area contributed by atoms with Gasteiger partial charge in [-0.05, 0) is 48.5 Å². The summed E-state index contributed by atoms with van der Waals surface area (Å²) in [6.07, 6.45) is 1.05. The minimum atomic E-state index is -0.783. The largest absolute Gasteiger partial charge is 0.465 e. The fourth-order valence-corrected chi connectivity index (χ4v) is 2.59. The number of hydrogen-bond donors (Lipinski definition) is 2. The van der Waals surface area contributed by atoms with Gasteiger partial charge in [0.15, 0.2) is 0 Å². The third-order valence-corrected chi connectivity index (χ3v) is 4.12. The van der Waals surface area contributed by atoms with Gasteiger partial charge >= 0.3 is 11.7 Å². The molecule has 0 aliphatic heterocycles. The molecule has 2 N–H and O–H groups in total. The molecule has 0 aliphatic rings. The van der Waals surface area contributed by atoms with Crippen LogP contribution in [-0.2, 0) is 4.74 Å². The summed E-state index contributed by atoms with van der Waals surface area (Å²) >= 11 is 5.82. The molecule has 0 aliphatic carbocycles. The van der Waals surface area contributed by atoms with Crippen LogP contribution < -0.4 is 16.6 Å². The second-order valence-electron chi connectivity index (χ2n) is 5.65. The molecule has 0 bridgehead atoms. The average Bonchev–Trinajstić information content (AvgIpc) is 2.69. The molecule has 142 valence electrons. The number of nitrogens with zero attached hydrogens (tertiary/aromatic N) is 1. The van der Waals surface area contributed by atoms with Crippen LogP contribution in [0.1, 0.15) is 20.7 Å². The molecule has 1 heterocycles. The molecule has 0 atom stereocenters. The Kier molecular flexibility index (Phi) is 5.42. The molecule has 9 heteroatoms. The van der Waals surface area contributed by atoms with Crippen molar-refractivity contribution in [3.63, 3.8) is 0 Å². The van der Waals surface area contributed by atoms with Gasteiger partial charge in [0.25, 0.3) is 11.5 Å². The van der Waals surface area contributed by atoms with Crippen molar-refractivity contribution in [1.82, 2.24) is 9.55 Å². The quantitative estimate of drug-likeness (QED) is 0.653. The van der Waals surface area contributed by atoms with Gasteiger partial charge in [0, 0.05) is 16.9 Å². The first kappa shape index (κ1) is 19.1. The first-order valence-corrected chi connectivity index (χ1v) is 8.39. The molecule has 0 saturated heterocycles. The summed E-state index contributed by atoms with van der Waals surface area (Å²) in [7, 11) is 1.26. The van der Waals surface area contributed by atoms with Crippen molar-refractivity contribution in [3.8, 4) is 5.69 Å². The van der Waals surface area contributed by atoms with Crippen molar-refractivity contribution in [3.05, 3.63) is 91.7 Å². The lowest BCUT2D eigenvalue weighted by Crippen LogP contribution is -2.38. The van der Waals surface area contributed by atoms with E-state index in [2.05, 4.69) is 15.0 Å². The Bertz CT molecular complexity index is 1150. The third-order valence-electron chi connectivity index (χ3n) is 3.87. The predicted molar refractivity (Wildman–Crippen MR) is 103 cm³/mol. The average molecular weight is 400 g/mol. The lowest BCUT2D eigenvalue weighted by molar-refractivity contribution is 0.0600. The Morgan fingerprint density at radius 3 is 2.29 bits per heavy atom. The Balaban J connectivity index is 1.91. The molecule has 8 nitrogen and oxygen atoms in total. The van der Waals surface area contributed by atoms with E-state index in [-0.39, 0.29) is 11.3 Å². The molecular formula is C19H14ClN3O5. The number of aromatic nitrogens is 2. The van der Waals surface area contributed by atoms with E-state index in [1.807, 2.05) is 0 Å². The number of halogens is 1.